The highest BCUT2D eigenvalue weighted by Crippen LogP contribution is 2.23. The molecular weight excluding hydrogens is 339 g/mol. The molecule has 1 unspecified atom stereocenters. The summed E-state index contributed by atoms with van der Waals surface area (Å²) < 4.78 is 35.2. The third-order valence-electron chi connectivity index (χ3n) is 2.33. The maximum atomic E-state index is 12.9. The van der Waals surface area contributed by atoms with E-state index in [1.807, 2.05) is 0 Å². The summed E-state index contributed by atoms with van der Waals surface area (Å²) in [5.74, 6) is -1.12. The predicted molar refractivity (Wildman–Crippen MR) is 75.0 cm³/mol. The van der Waals surface area contributed by atoms with Crippen LogP contribution in [0.3, 0.4) is 0 Å². The quantitative estimate of drug-likeness (QED) is 0.835. The molecule has 1 amide bonds. The lowest BCUT2D eigenvalue weighted by Gasteiger charge is -2.12. The molecule has 0 saturated carbocycles. The van der Waals surface area contributed by atoms with Crippen molar-refractivity contribution in [3.05, 3.63) is 28.5 Å². The van der Waals surface area contributed by atoms with Gasteiger partial charge < -0.3 is 11.1 Å². The van der Waals surface area contributed by atoms with Crippen LogP contribution < -0.4 is 11.1 Å². The van der Waals surface area contributed by atoms with Gasteiger partial charge in [-0.15, -0.1) is 0 Å². The lowest BCUT2D eigenvalue weighted by molar-refractivity contribution is -0.117. The molecule has 0 aromatic heterocycles. The van der Waals surface area contributed by atoms with Gasteiger partial charge in [0.25, 0.3) is 0 Å². The third-order valence-corrected chi connectivity index (χ3v) is 3.96. The number of nitrogens with two attached hydrogens (primary N) is 1. The Labute approximate surface area is 119 Å². The van der Waals surface area contributed by atoms with Crippen LogP contribution in [-0.2, 0) is 14.6 Å². The van der Waals surface area contributed by atoms with Crippen LogP contribution in [0, 0.1) is 5.82 Å². The number of benzene rings is 1. The summed E-state index contributed by atoms with van der Waals surface area (Å²) >= 11 is 3.10. The molecule has 1 aromatic carbocycles. The maximum Gasteiger partial charge on any atom is 0.241 e. The molecule has 1 aromatic rings. The number of halogens is 2. The molecular formula is C11H14BrFN2O3S. The van der Waals surface area contributed by atoms with Gasteiger partial charge in [-0.05, 0) is 40.5 Å². The molecule has 19 heavy (non-hydrogen) atoms. The normalized spacial score (nSPS) is 13.1. The number of carbonyl (C=O) groups is 1. The van der Waals surface area contributed by atoms with Crippen LogP contribution >= 0.6 is 15.9 Å². The zero-order valence-corrected chi connectivity index (χ0v) is 12.6. The van der Waals surface area contributed by atoms with Crippen LogP contribution in [0.25, 0.3) is 0 Å². The third kappa shape index (κ3) is 5.66. The molecule has 0 aliphatic carbocycles. The number of carbonyl (C=O) groups excluding carboxylic acids is 1. The van der Waals surface area contributed by atoms with Gasteiger partial charge in [0.05, 0.1) is 17.5 Å². The minimum atomic E-state index is -3.16. The van der Waals surface area contributed by atoms with E-state index < -0.39 is 27.6 Å². The molecule has 0 aliphatic rings. The first kappa shape index (κ1) is 16.1. The lowest BCUT2D eigenvalue weighted by Crippen LogP contribution is -2.37. The van der Waals surface area contributed by atoms with Crippen LogP contribution in [-0.4, -0.2) is 32.4 Å². The monoisotopic (exact) mass is 352 g/mol. The van der Waals surface area contributed by atoms with E-state index in [4.69, 9.17) is 5.73 Å². The minimum absolute atomic E-state index is 0.0312. The molecule has 0 saturated heterocycles. The van der Waals surface area contributed by atoms with E-state index in [1.54, 1.807) is 0 Å². The Kier molecular flexibility index (Phi) is 5.45. The summed E-state index contributed by atoms with van der Waals surface area (Å²) in [5, 5.41) is 2.50. The van der Waals surface area contributed by atoms with E-state index in [0.29, 0.717) is 10.2 Å². The number of hydrogen-bond acceptors (Lipinski definition) is 4. The number of anilines is 1. The van der Waals surface area contributed by atoms with Crippen molar-refractivity contribution in [2.24, 2.45) is 5.73 Å². The smallest absolute Gasteiger partial charge is 0.241 e. The van der Waals surface area contributed by atoms with Crippen molar-refractivity contribution in [1.82, 2.24) is 0 Å². The Balaban J connectivity index is 2.64. The summed E-state index contributed by atoms with van der Waals surface area (Å²) in [4.78, 5) is 11.7. The van der Waals surface area contributed by atoms with Crippen molar-refractivity contribution >= 4 is 37.4 Å². The van der Waals surface area contributed by atoms with E-state index in [1.165, 1.54) is 18.2 Å². The van der Waals surface area contributed by atoms with Crippen LogP contribution in [0.5, 0.6) is 0 Å². The van der Waals surface area contributed by atoms with Crippen molar-refractivity contribution in [3.8, 4) is 0 Å². The van der Waals surface area contributed by atoms with Gasteiger partial charge >= 0.3 is 0 Å². The number of nitrogens with one attached hydrogen (secondary N) is 1. The first-order chi connectivity index (χ1) is 8.69. The van der Waals surface area contributed by atoms with Gasteiger partial charge in [0.15, 0.2) is 0 Å². The highest BCUT2D eigenvalue weighted by atomic mass is 79.9. The first-order valence-electron chi connectivity index (χ1n) is 5.38. The SMILES string of the molecule is CS(=O)(=O)CCC(N)C(=O)Nc1ccc(F)cc1Br. The number of rotatable bonds is 5. The van der Waals surface area contributed by atoms with Gasteiger partial charge in [0.2, 0.25) is 5.91 Å². The van der Waals surface area contributed by atoms with E-state index in [9.17, 15) is 17.6 Å². The van der Waals surface area contributed by atoms with E-state index in [0.717, 1.165) is 6.26 Å². The van der Waals surface area contributed by atoms with Crippen LogP contribution in [0.4, 0.5) is 10.1 Å². The van der Waals surface area contributed by atoms with Crippen LogP contribution in [0.15, 0.2) is 22.7 Å². The molecule has 1 rings (SSSR count). The minimum Gasteiger partial charge on any atom is -0.324 e. The molecule has 0 heterocycles. The molecule has 0 radical (unpaired) electrons. The maximum absolute atomic E-state index is 12.9. The molecule has 0 bridgehead atoms. The van der Waals surface area contributed by atoms with E-state index in [2.05, 4.69) is 21.2 Å². The molecule has 106 valence electrons. The Morgan fingerprint density at radius 3 is 2.68 bits per heavy atom. The van der Waals surface area contributed by atoms with Crippen molar-refractivity contribution in [2.45, 2.75) is 12.5 Å². The first-order valence-corrected chi connectivity index (χ1v) is 8.23. The molecule has 1 atom stereocenters. The average Bonchev–Trinajstić information content (AvgIpc) is 2.28. The summed E-state index contributed by atoms with van der Waals surface area (Å²) in [6.07, 6.45) is 1.11. The zero-order chi connectivity index (χ0) is 14.6. The zero-order valence-electron chi connectivity index (χ0n) is 10.2. The predicted octanol–water partition coefficient (Wildman–Crippen LogP) is 1.29. The standard InChI is InChI=1S/C11H14BrFN2O3S/c1-19(17,18)5-4-9(14)11(16)15-10-3-2-7(13)6-8(10)12/h2-3,6,9H,4-5,14H2,1H3,(H,15,16). The van der Waals surface area contributed by atoms with Gasteiger partial charge in [0, 0.05) is 10.7 Å². The molecule has 3 N–H and O–H groups in total. The Morgan fingerprint density at radius 1 is 1.53 bits per heavy atom. The Hall–Kier alpha value is -0.990. The van der Waals surface area contributed by atoms with Crippen LogP contribution in [0.2, 0.25) is 0 Å². The van der Waals surface area contributed by atoms with Gasteiger partial charge in [-0.25, -0.2) is 12.8 Å². The van der Waals surface area contributed by atoms with Crippen molar-refractivity contribution in [1.29, 1.82) is 0 Å². The fourth-order valence-corrected chi connectivity index (χ4v) is 2.42. The summed E-state index contributed by atoms with van der Waals surface area (Å²) in [5.41, 5.74) is 5.96. The largest absolute Gasteiger partial charge is 0.324 e. The molecule has 0 aliphatic heterocycles. The molecule has 0 fully saturated rings. The molecule has 0 spiro atoms. The fraction of sp³-hybridized carbons (Fsp3) is 0.364. The van der Waals surface area contributed by atoms with Gasteiger partial charge in [-0.1, -0.05) is 0 Å². The highest BCUT2D eigenvalue weighted by molar-refractivity contribution is 9.10. The average molecular weight is 353 g/mol. The Morgan fingerprint density at radius 2 is 2.16 bits per heavy atom. The van der Waals surface area contributed by atoms with Gasteiger partial charge in [-0.2, -0.15) is 0 Å². The highest BCUT2D eigenvalue weighted by Gasteiger charge is 2.17. The van der Waals surface area contributed by atoms with Gasteiger partial charge in [-0.3, -0.25) is 4.79 Å². The van der Waals surface area contributed by atoms with Crippen molar-refractivity contribution in [2.75, 3.05) is 17.3 Å². The van der Waals surface area contributed by atoms with Gasteiger partial charge in [0.1, 0.15) is 15.7 Å². The fourth-order valence-electron chi connectivity index (χ4n) is 1.29. The second-order valence-corrected chi connectivity index (χ2v) is 7.25. The van der Waals surface area contributed by atoms with E-state index in [-0.39, 0.29) is 12.2 Å². The number of hydrogen-bond donors (Lipinski definition) is 2. The van der Waals surface area contributed by atoms with Crippen molar-refractivity contribution in [3.63, 3.8) is 0 Å². The Bertz CT molecular complexity index is 577. The summed E-state index contributed by atoms with van der Waals surface area (Å²) in [6, 6.07) is 2.85. The molecule has 5 nitrogen and oxygen atoms in total. The topological polar surface area (TPSA) is 89.3 Å². The second kappa shape index (κ2) is 6.44. The van der Waals surface area contributed by atoms with E-state index >= 15 is 0 Å². The molecule has 8 heteroatoms. The van der Waals surface area contributed by atoms with Crippen molar-refractivity contribution < 1.29 is 17.6 Å². The summed E-state index contributed by atoms with van der Waals surface area (Å²) in [7, 11) is -3.16. The lowest BCUT2D eigenvalue weighted by atomic mass is 10.2. The number of amides is 1. The second-order valence-electron chi connectivity index (χ2n) is 4.14. The van der Waals surface area contributed by atoms with Crippen LogP contribution in [0.1, 0.15) is 6.42 Å². The number of sulfone groups is 1. The summed E-state index contributed by atoms with van der Waals surface area (Å²) in [6.45, 7) is 0.